The molecule has 0 saturated heterocycles. The molecule has 0 aliphatic rings. The Morgan fingerprint density at radius 3 is 2.60 bits per heavy atom. The van der Waals surface area contributed by atoms with Crippen molar-refractivity contribution in [3.8, 4) is 0 Å². The smallest absolute Gasteiger partial charge is 0.321 e. The van der Waals surface area contributed by atoms with E-state index in [0.717, 1.165) is 0 Å². The fraction of sp³-hybridized carbons (Fsp3) is 0.500. The third-order valence-corrected chi connectivity index (χ3v) is 3.58. The molecule has 112 valence electrons. The summed E-state index contributed by atoms with van der Waals surface area (Å²) in [7, 11) is 0. The van der Waals surface area contributed by atoms with Crippen LogP contribution in [-0.2, 0) is 0 Å². The van der Waals surface area contributed by atoms with E-state index in [1.807, 2.05) is 20.8 Å². The first-order valence-electron chi connectivity index (χ1n) is 6.50. The molecule has 4 nitrogen and oxygen atoms in total. The molecule has 0 aliphatic heterocycles. The van der Waals surface area contributed by atoms with Gasteiger partial charge in [-0.25, -0.2) is 4.79 Å². The van der Waals surface area contributed by atoms with Crippen molar-refractivity contribution >= 4 is 34.9 Å². The highest BCUT2D eigenvalue weighted by Gasteiger charge is 2.23. The van der Waals surface area contributed by atoms with E-state index in [2.05, 4.69) is 5.32 Å². The number of carbonyl (C=O) groups excluding carboxylic acids is 1. The van der Waals surface area contributed by atoms with Crippen molar-refractivity contribution in [1.82, 2.24) is 4.90 Å². The van der Waals surface area contributed by atoms with Crippen LogP contribution < -0.4 is 11.1 Å². The van der Waals surface area contributed by atoms with E-state index in [1.54, 1.807) is 23.1 Å². The van der Waals surface area contributed by atoms with Crippen LogP contribution in [0.3, 0.4) is 0 Å². The topological polar surface area (TPSA) is 58.4 Å². The zero-order valence-electron chi connectivity index (χ0n) is 12.0. The lowest BCUT2D eigenvalue weighted by Crippen LogP contribution is -2.43. The maximum Gasteiger partial charge on any atom is 0.321 e. The number of rotatable bonds is 5. The van der Waals surface area contributed by atoms with E-state index in [4.69, 9.17) is 28.9 Å². The Labute approximate surface area is 130 Å². The molecule has 0 aromatic heterocycles. The summed E-state index contributed by atoms with van der Waals surface area (Å²) < 4.78 is 0. The van der Waals surface area contributed by atoms with Crippen LogP contribution in [0.2, 0.25) is 10.0 Å². The van der Waals surface area contributed by atoms with Gasteiger partial charge in [-0.05, 0) is 37.1 Å². The number of nitrogens with zero attached hydrogens (tertiary/aromatic N) is 1. The molecule has 0 bridgehead atoms. The van der Waals surface area contributed by atoms with Gasteiger partial charge < -0.3 is 16.0 Å². The number of amides is 2. The fourth-order valence-electron chi connectivity index (χ4n) is 1.70. The minimum Gasteiger partial charge on any atom is -0.330 e. The highest BCUT2D eigenvalue weighted by Crippen LogP contribution is 2.26. The van der Waals surface area contributed by atoms with E-state index in [0.29, 0.717) is 35.4 Å². The second kappa shape index (κ2) is 7.16. The molecule has 3 N–H and O–H groups in total. The Morgan fingerprint density at radius 2 is 2.05 bits per heavy atom. The highest BCUT2D eigenvalue weighted by atomic mass is 35.5. The van der Waals surface area contributed by atoms with Gasteiger partial charge in [0, 0.05) is 18.1 Å². The predicted octanol–water partition coefficient (Wildman–Crippen LogP) is 3.83. The number of hydrogen-bond donors (Lipinski definition) is 2. The number of urea groups is 1. The molecule has 0 spiro atoms. The van der Waals surface area contributed by atoms with Gasteiger partial charge in [0.05, 0.1) is 10.7 Å². The lowest BCUT2D eigenvalue weighted by Gasteiger charge is -2.31. The molecular formula is C14H21Cl2N3O. The molecule has 0 aliphatic carbocycles. The molecule has 0 unspecified atom stereocenters. The SMILES string of the molecule is CCN(CC(C)(C)CN)C(=O)Nc1cc(Cl)ccc1Cl. The number of halogens is 2. The van der Waals surface area contributed by atoms with Crippen molar-refractivity contribution in [3.05, 3.63) is 28.2 Å². The molecule has 2 amide bonds. The highest BCUT2D eigenvalue weighted by molar-refractivity contribution is 6.35. The standard InChI is InChI=1S/C14H21Cl2N3O/c1-4-19(9-14(2,3)8-17)13(20)18-12-7-10(15)5-6-11(12)16/h5-7H,4,8-9,17H2,1-3H3,(H,18,20). The normalized spacial score (nSPS) is 11.3. The van der Waals surface area contributed by atoms with Gasteiger partial charge in [-0.1, -0.05) is 37.0 Å². The Bertz CT molecular complexity index is 477. The van der Waals surface area contributed by atoms with Gasteiger partial charge in [0.1, 0.15) is 0 Å². The molecule has 6 heteroatoms. The molecule has 1 aromatic rings. The van der Waals surface area contributed by atoms with Gasteiger partial charge in [0.25, 0.3) is 0 Å². The van der Waals surface area contributed by atoms with Crippen LogP contribution in [0.25, 0.3) is 0 Å². The summed E-state index contributed by atoms with van der Waals surface area (Å²) in [6.07, 6.45) is 0. The Hall–Kier alpha value is -0.970. The zero-order valence-corrected chi connectivity index (χ0v) is 13.6. The predicted molar refractivity (Wildman–Crippen MR) is 85.6 cm³/mol. The number of hydrogen-bond acceptors (Lipinski definition) is 2. The summed E-state index contributed by atoms with van der Waals surface area (Å²) >= 11 is 11.9. The lowest BCUT2D eigenvalue weighted by molar-refractivity contribution is 0.185. The summed E-state index contributed by atoms with van der Waals surface area (Å²) in [5.41, 5.74) is 6.08. The first-order valence-corrected chi connectivity index (χ1v) is 7.25. The maximum atomic E-state index is 12.3. The van der Waals surface area contributed by atoms with Crippen LogP contribution in [0.15, 0.2) is 18.2 Å². The van der Waals surface area contributed by atoms with Crippen LogP contribution in [0, 0.1) is 5.41 Å². The van der Waals surface area contributed by atoms with E-state index in [1.165, 1.54) is 0 Å². The molecule has 0 atom stereocenters. The molecule has 1 rings (SSSR count). The monoisotopic (exact) mass is 317 g/mol. The zero-order chi connectivity index (χ0) is 15.3. The largest absolute Gasteiger partial charge is 0.330 e. The summed E-state index contributed by atoms with van der Waals surface area (Å²) in [5.74, 6) is 0. The van der Waals surface area contributed by atoms with Crippen molar-refractivity contribution in [1.29, 1.82) is 0 Å². The molecule has 0 fully saturated rings. The summed E-state index contributed by atoms with van der Waals surface area (Å²) in [6.45, 7) is 7.64. The van der Waals surface area contributed by atoms with Crippen LogP contribution in [0.5, 0.6) is 0 Å². The van der Waals surface area contributed by atoms with Crippen LogP contribution in [-0.4, -0.2) is 30.6 Å². The minimum absolute atomic E-state index is 0.133. The Morgan fingerprint density at radius 1 is 1.40 bits per heavy atom. The fourth-order valence-corrected chi connectivity index (χ4v) is 2.03. The molecule has 0 radical (unpaired) electrons. The van der Waals surface area contributed by atoms with Crippen molar-refractivity contribution in [3.63, 3.8) is 0 Å². The molecule has 1 aromatic carbocycles. The molecule has 0 heterocycles. The Kier molecular flexibility index (Phi) is 6.11. The van der Waals surface area contributed by atoms with E-state index < -0.39 is 0 Å². The second-order valence-electron chi connectivity index (χ2n) is 5.44. The van der Waals surface area contributed by atoms with Crippen LogP contribution >= 0.6 is 23.2 Å². The number of anilines is 1. The van der Waals surface area contributed by atoms with E-state index in [-0.39, 0.29) is 11.4 Å². The second-order valence-corrected chi connectivity index (χ2v) is 6.28. The lowest BCUT2D eigenvalue weighted by atomic mass is 9.93. The number of carbonyl (C=O) groups is 1. The molecule has 20 heavy (non-hydrogen) atoms. The summed E-state index contributed by atoms with van der Waals surface area (Å²) in [5, 5.41) is 3.76. The van der Waals surface area contributed by atoms with Crippen molar-refractivity contribution in [2.24, 2.45) is 11.1 Å². The quantitative estimate of drug-likeness (QED) is 0.867. The van der Waals surface area contributed by atoms with Gasteiger partial charge in [0.2, 0.25) is 0 Å². The van der Waals surface area contributed by atoms with Gasteiger partial charge in [-0.2, -0.15) is 0 Å². The average Bonchev–Trinajstić information content (AvgIpc) is 2.40. The minimum atomic E-state index is -0.210. The number of benzene rings is 1. The Balaban J connectivity index is 2.80. The first-order chi connectivity index (χ1) is 9.29. The number of nitrogens with two attached hydrogens (primary N) is 1. The van der Waals surface area contributed by atoms with E-state index in [9.17, 15) is 4.79 Å². The average molecular weight is 318 g/mol. The van der Waals surface area contributed by atoms with Crippen molar-refractivity contribution in [2.45, 2.75) is 20.8 Å². The molecule has 0 saturated carbocycles. The van der Waals surface area contributed by atoms with Crippen LogP contribution in [0.1, 0.15) is 20.8 Å². The van der Waals surface area contributed by atoms with Gasteiger partial charge in [-0.3, -0.25) is 0 Å². The summed E-state index contributed by atoms with van der Waals surface area (Å²) in [6, 6.07) is 4.75. The van der Waals surface area contributed by atoms with Gasteiger partial charge >= 0.3 is 6.03 Å². The third-order valence-electron chi connectivity index (χ3n) is 3.01. The third kappa shape index (κ3) is 4.85. The maximum absolute atomic E-state index is 12.3. The van der Waals surface area contributed by atoms with Gasteiger partial charge in [-0.15, -0.1) is 0 Å². The van der Waals surface area contributed by atoms with E-state index >= 15 is 0 Å². The van der Waals surface area contributed by atoms with Gasteiger partial charge in [0.15, 0.2) is 0 Å². The summed E-state index contributed by atoms with van der Waals surface area (Å²) in [4.78, 5) is 14.0. The van der Waals surface area contributed by atoms with Crippen LogP contribution in [0.4, 0.5) is 10.5 Å². The molecular weight excluding hydrogens is 297 g/mol. The first kappa shape index (κ1) is 17.1. The van der Waals surface area contributed by atoms with Crippen molar-refractivity contribution in [2.75, 3.05) is 25.0 Å². The number of nitrogens with one attached hydrogen (secondary N) is 1. The van der Waals surface area contributed by atoms with Crippen molar-refractivity contribution < 1.29 is 4.79 Å².